The predicted molar refractivity (Wildman–Crippen MR) is 102 cm³/mol. The maximum atomic E-state index is 12.4. The van der Waals surface area contributed by atoms with E-state index < -0.39 is 30.2 Å². The maximum Gasteiger partial charge on any atom is 0.294 e. The number of likely N-dealkylation sites (N-methyl/N-ethyl adjacent to an activating group) is 1. The number of ketones is 1. The van der Waals surface area contributed by atoms with Crippen molar-refractivity contribution >= 4 is 29.2 Å². The number of amides is 3. The van der Waals surface area contributed by atoms with Crippen molar-refractivity contribution in [3.05, 3.63) is 35.9 Å². The lowest BCUT2D eigenvalue weighted by molar-refractivity contribution is -0.136. The Morgan fingerprint density at radius 1 is 1.11 bits per heavy atom. The van der Waals surface area contributed by atoms with E-state index in [-0.39, 0.29) is 11.6 Å². The third kappa shape index (κ3) is 6.65. The van der Waals surface area contributed by atoms with Crippen molar-refractivity contribution in [2.45, 2.75) is 25.8 Å². The summed E-state index contributed by atoms with van der Waals surface area (Å²) in [5, 5.41) is 4.86. The quantitative estimate of drug-likeness (QED) is 0.484. The molecule has 1 unspecified atom stereocenters. The van der Waals surface area contributed by atoms with Crippen molar-refractivity contribution < 1.29 is 19.2 Å². The van der Waals surface area contributed by atoms with Crippen LogP contribution < -0.4 is 10.6 Å². The SMILES string of the molecule is CCCC(=NC)C(=O)C(=O)NCC(=O)NC(C(=O)N(C)C)c1ccccc1. The zero-order valence-electron chi connectivity index (χ0n) is 16.1. The van der Waals surface area contributed by atoms with E-state index >= 15 is 0 Å². The second kappa shape index (κ2) is 10.8. The Hall–Kier alpha value is -3.03. The van der Waals surface area contributed by atoms with E-state index in [1.807, 2.05) is 6.92 Å². The Kier molecular flexibility index (Phi) is 8.84. The normalized spacial score (nSPS) is 12.1. The topological polar surface area (TPSA) is 108 Å². The molecule has 0 aromatic heterocycles. The van der Waals surface area contributed by atoms with Crippen LogP contribution in [0.25, 0.3) is 0 Å². The summed E-state index contributed by atoms with van der Waals surface area (Å²) in [4.78, 5) is 53.7. The lowest BCUT2D eigenvalue weighted by atomic mass is 10.1. The molecule has 2 N–H and O–H groups in total. The molecule has 27 heavy (non-hydrogen) atoms. The van der Waals surface area contributed by atoms with Gasteiger partial charge in [-0.2, -0.15) is 0 Å². The van der Waals surface area contributed by atoms with Gasteiger partial charge in [0.05, 0.1) is 12.3 Å². The number of nitrogens with one attached hydrogen (secondary N) is 2. The van der Waals surface area contributed by atoms with E-state index in [9.17, 15) is 19.2 Å². The second-order valence-electron chi connectivity index (χ2n) is 6.08. The Labute approximate surface area is 159 Å². The van der Waals surface area contributed by atoms with E-state index in [4.69, 9.17) is 0 Å². The molecular formula is C19H26N4O4. The second-order valence-corrected chi connectivity index (χ2v) is 6.08. The number of hydrogen-bond acceptors (Lipinski definition) is 5. The molecule has 1 aromatic carbocycles. The monoisotopic (exact) mass is 374 g/mol. The van der Waals surface area contributed by atoms with Crippen molar-refractivity contribution in [2.24, 2.45) is 4.99 Å². The highest BCUT2D eigenvalue weighted by Crippen LogP contribution is 2.14. The van der Waals surface area contributed by atoms with Gasteiger partial charge in [-0.15, -0.1) is 0 Å². The standard InChI is InChI=1S/C19H26N4O4/c1-5-9-14(20-2)17(25)18(26)21-12-15(24)22-16(19(27)23(3)4)13-10-7-6-8-11-13/h6-8,10-11,16H,5,9,12H2,1-4H3,(H,21,26)(H,22,24). The zero-order chi connectivity index (χ0) is 20.4. The number of nitrogens with zero attached hydrogens (tertiary/aromatic N) is 2. The number of rotatable bonds is 9. The van der Waals surface area contributed by atoms with Crippen LogP contribution in [0.3, 0.4) is 0 Å². The first kappa shape index (κ1) is 22.0. The van der Waals surface area contributed by atoms with E-state index in [0.717, 1.165) is 0 Å². The number of hydrogen-bond donors (Lipinski definition) is 2. The van der Waals surface area contributed by atoms with Crippen LogP contribution in [0.4, 0.5) is 0 Å². The third-order valence-corrected chi connectivity index (χ3v) is 3.76. The van der Waals surface area contributed by atoms with Crippen molar-refractivity contribution in [2.75, 3.05) is 27.7 Å². The number of Topliss-reactive ketones (excluding diaryl/α,β-unsaturated/α-hetero) is 1. The van der Waals surface area contributed by atoms with Gasteiger partial charge in [-0.05, 0) is 12.0 Å². The molecule has 0 fully saturated rings. The highest BCUT2D eigenvalue weighted by Gasteiger charge is 2.25. The molecule has 3 amide bonds. The van der Waals surface area contributed by atoms with Crippen LogP contribution in [0.2, 0.25) is 0 Å². The zero-order valence-corrected chi connectivity index (χ0v) is 16.1. The highest BCUT2D eigenvalue weighted by atomic mass is 16.2. The summed E-state index contributed by atoms with van der Waals surface area (Å²) in [6.07, 6.45) is 1.07. The largest absolute Gasteiger partial charge is 0.347 e. The molecule has 1 atom stereocenters. The van der Waals surface area contributed by atoms with Crippen molar-refractivity contribution in [1.82, 2.24) is 15.5 Å². The van der Waals surface area contributed by atoms with Crippen LogP contribution in [0.5, 0.6) is 0 Å². The lowest BCUT2D eigenvalue weighted by Gasteiger charge is -2.22. The minimum absolute atomic E-state index is 0.167. The van der Waals surface area contributed by atoms with E-state index in [0.29, 0.717) is 18.4 Å². The Morgan fingerprint density at radius 2 is 1.74 bits per heavy atom. The molecule has 8 nitrogen and oxygen atoms in total. The van der Waals surface area contributed by atoms with Gasteiger partial charge in [-0.1, -0.05) is 43.7 Å². The molecule has 0 heterocycles. The molecule has 0 bridgehead atoms. The molecule has 0 radical (unpaired) electrons. The van der Waals surface area contributed by atoms with Crippen LogP contribution in [0.1, 0.15) is 31.4 Å². The first-order chi connectivity index (χ1) is 12.8. The number of carbonyl (C=O) groups excluding carboxylic acids is 4. The van der Waals surface area contributed by atoms with E-state index in [2.05, 4.69) is 15.6 Å². The van der Waals surface area contributed by atoms with Gasteiger partial charge in [-0.3, -0.25) is 24.2 Å². The van der Waals surface area contributed by atoms with Crippen LogP contribution >= 0.6 is 0 Å². The molecule has 8 heteroatoms. The van der Waals surface area contributed by atoms with Crippen molar-refractivity contribution in [3.63, 3.8) is 0 Å². The summed E-state index contributed by atoms with van der Waals surface area (Å²) < 4.78 is 0. The average Bonchev–Trinajstić information content (AvgIpc) is 2.67. The molecule has 0 aliphatic carbocycles. The van der Waals surface area contributed by atoms with Gasteiger partial charge in [0.2, 0.25) is 11.8 Å². The Balaban J connectivity index is 2.73. The van der Waals surface area contributed by atoms with Crippen LogP contribution in [-0.4, -0.2) is 61.8 Å². The van der Waals surface area contributed by atoms with Gasteiger partial charge in [0.25, 0.3) is 11.7 Å². The average molecular weight is 374 g/mol. The smallest absolute Gasteiger partial charge is 0.294 e. The Morgan fingerprint density at radius 3 is 2.26 bits per heavy atom. The molecular weight excluding hydrogens is 348 g/mol. The molecule has 0 saturated heterocycles. The summed E-state index contributed by atoms with van der Waals surface area (Å²) in [6.45, 7) is 1.45. The molecule has 146 valence electrons. The van der Waals surface area contributed by atoms with Gasteiger partial charge >= 0.3 is 0 Å². The highest BCUT2D eigenvalue weighted by molar-refractivity contribution is 6.64. The fourth-order valence-electron chi connectivity index (χ4n) is 2.34. The number of aliphatic imine (C=N–C) groups is 1. The third-order valence-electron chi connectivity index (χ3n) is 3.76. The van der Waals surface area contributed by atoms with Crippen LogP contribution in [-0.2, 0) is 19.2 Å². The molecule has 0 spiro atoms. The van der Waals surface area contributed by atoms with Crippen molar-refractivity contribution in [3.8, 4) is 0 Å². The van der Waals surface area contributed by atoms with E-state index in [1.165, 1.54) is 11.9 Å². The van der Waals surface area contributed by atoms with Gasteiger partial charge in [0.1, 0.15) is 6.04 Å². The van der Waals surface area contributed by atoms with Crippen LogP contribution in [0, 0.1) is 0 Å². The summed E-state index contributed by atoms with van der Waals surface area (Å²) in [5.41, 5.74) is 0.788. The summed E-state index contributed by atoms with van der Waals surface area (Å²) in [5.74, 6) is -2.53. The molecule has 0 aliphatic rings. The Bertz CT molecular complexity index is 714. The minimum Gasteiger partial charge on any atom is -0.347 e. The first-order valence-electron chi connectivity index (χ1n) is 8.65. The van der Waals surface area contributed by atoms with E-state index in [1.54, 1.807) is 44.4 Å². The predicted octanol–water partition coefficient (Wildman–Crippen LogP) is 0.488. The first-order valence-corrected chi connectivity index (χ1v) is 8.65. The fraction of sp³-hybridized carbons (Fsp3) is 0.421. The van der Waals surface area contributed by atoms with Gasteiger partial charge in [0, 0.05) is 21.1 Å². The molecule has 1 rings (SSSR count). The maximum absolute atomic E-state index is 12.4. The molecule has 0 saturated carbocycles. The summed E-state index contributed by atoms with van der Waals surface area (Å²) in [6, 6.07) is 7.90. The molecule has 0 aliphatic heterocycles. The van der Waals surface area contributed by atoms with Crippen molar-refractivity contribution in [1.29, 1.82) is 0 Å². The number of carbonyl (C=O) groups is 4. The number of benzene rings is 1. The summed E-state index contributed by atoms with van der Waals surface area (Å²) >= 11 is 0. The van der Waals surface area contributed by atoms with Gasteiger partial charge < -0.3 is 15.5 Å². The molecule has 1 aromatic rings. The minimum atomic E-state index is -0.894. The lowest BCUT2D eigenvalue weighted by Crippen LogP contribution is -2.45. The van der Waals surface area contributed by atoms with Crippen LogP contribution in [0.15, 0.2) is 35.3 Å². The fourth-order valence-corrected chi connectivity index (χ4v) is 2.34. The van der Waals surface area contributed by atoms with Gasteiger partial charge in [0.15, 0.2) is 0 Å². The van der Waals surface area contributed by atoms with Gasteiger partial charge in [-0.25, -0.2) is 0 Å². The summed E-state index contributed by atoms with van der Waals surface area (Å²) in [7, 11) is 4.62.